The molecule has 2 saturated heterocycles. The van der Waals surface area contributed by atoms with E-state index in [-0.39, 0.29) is 11.8 Å². The number of ether oxygens (including phenoxy) is 2. The first-order chi connectivity index (χ1) is 15.5. The molecular formula is C25H35N3O4. The molecule has 7 heteroatoms. The number of hydrogen-bond donors (Lipinski definition) is 0. The molecular weight excluding hydrogens is 406 g/mol. The first-order valence-electron chi connectivity index (χ1n) is 11.9. The number of rotatable bonds is 7. The smallest absolute Gasteiger partial charge is 0.277 e. The molecule has 174 valence electrons. The number of piperidine rings is 1. The third-order valence-electron chi connectivity index (χ3n) is 6.53. The Morgan fingerprint density at radius 2 is 1.62 bits per heavy atom. The highest BCUT2D eigenvalue weighted by atomic mass is 16.5. The van der Waals surface area contributed by atoms with Crippen molar-refractivity contribution in [3.8, 4) is 5.75 Å². The molecule has 0 spiro atoms. The van der Waals surface area contributed by atoms with Gasteiger partial charge in [0.2, 0.25) is 0 Å². The Labute approximate surface area is 190 Å². The number of imide groups is 1. The maximum Gasteiger partial charge on any atom is 0.277 e. The third-order valence-corrected chi connectivity index (χ3v) is 6.53. The van der Waals surface area contributed by atoms with Crippen LogP contribution >= 0.6 is 0 Å². The first-order valence-corrected chi connectivity index (χ1v) is 11.9. The molecule has 2 unspecified atom stereocenters. The van der Waals surface area contributed by atoms with E-state index in [4.69, 9.17) is 9.47 Å². The second-order valence-electron chi connectivity index (χ2n) is 9.25. The fraction of sp³-hybridized carbons (Fsp3) is 0.600. The third kappa shape index (κ3) is 4.84. The lowest BCUT2D eigenvalue weighted by molar-refractivity contribution is -0.138. The zero-order valence-electron chi connectivity index (χ0n) is 19.5. The van der Waals surface area contributed by atoms with Crippen molar-refractivity contribution < 1.29 is 19.1 Å². The number of benzene rings is 1. The molecule has 3 aliphatic heterocycles. The van der Waals surface area contributed by atoms with Crippen molar-refractivity contribution in [1.29, 1.82) is 0 Å². The summed E-state index contributed by atoms with van der Waals surface area (Å²) in [6, 6.07) is 7.54. The SMILES string of the molecule is CCOc1ccc(C2=C(N3CC(C)CC(C)C3)C(=O)N(CCN3CCOCC3)C2=O)cc1. The summed E-state index contributed by atoms with van der Waals surface area (Å²) in [7, 11) is 0. The number of carbonyl (C=O) groups is 2. The van der Waals surface area contributed by atoms with Gasteiger partial charge in [-0.1, -0.05) is 26.0 Å². The van der Waals surface area contributed by atoms with Gasteiger partial charge < -0.3 is 14.4 Å². The van der Waals surface area contributed by atoms with E-state index in [0.717, 1.165) is 43.9 Å². The molecule has 3 heterocycles. The van der Waals surface area contributed by atoms with Gasteiger partial charge in [0.15, 0.2) is 0 Å². The van der Waals surface area contributed by atoms with Crippen LogP contribution in [0.15, 0.2) is 30.0 Å². The van der Waals surface area contributed by atoms with Crippen LogP contribution in [-0.2, 0) is 14.3 Å². The summed E-state index contributed by atoms with van der Waals surface area (Å²) in [5, 5.41) is 0. The molecule has 7 nitrogen and oxygen atoms in total. The second kappa shape index (κ2) is 10.0. The summed E-state index contributed by atoms with van der Waals surface area (Å²) < 4.78 is 11.0. The Hall–Kier alpha value is -2.38. The van der Waals surface area contributed by atoms with Gasteiger partial charge in [0, 0.05) is 39.3 Å². The van der Waals surface area contributed by atoms with Crippen LogP contribution < -0.4 is 4.74 Å². The first kappa shape index (κ1) is 22.8. The summed E-state index contributed by atoms with van der Waals surface area (Å²) >= 11 is 0. The zero-order chi connectivity index (χ0) is 22.7. The van der Waals surface area contributed by atoms with Crippen LogP contribution in [0.5, 0.6) is 5.75 Å². The van der Waals surface area contributed by atoms with Crippen LogP contribution in [-0.4, -0.2) is 85.6 Å². The van der Waals surface area contributed by atoms with Gasteiger partial charge in [-0.15, -0.1) is 0 Å². The molecule has 32 heavy (non-hydrogen) atoms. The largest absolute Gasteiger partial charge is 0.494 e. The van der Waals surface area contributed by atoms with Crippen LogP contribution in [0.3, 0.4) is 0 Å². The monoisotopic (exact) mass is 441 g/mol. The fourth-order valence-electron chi connectivity index (χ4n) is 5.12. The fourth-order valence-corrected chi connectivity index (χ4v) is 5.12. The highest BCUT2D eigenvalue weighted by molar-refractivity contribution is 6.35. The molecule has 1 aromatic rings. The van der Waals surface area contributed by atoms with E-state index in [0.29, 0.717) is 56.0 Å². The Bertz CT molecular complexity index is 850. The summed E-state index contributed by atoms with van der Waals surface area (Å²) in [6.07, 6.45) is 1.14. The van der Waals surface area contributed by atoms with Gasteiger partial charge in [-0.2, -0.15) is 0 Å². The van der Waals surface area contributed by atoms with Crippen LogP contribution in [0.2, 0.25) is 0 Å². The molecule has 0 radical (unpaired) electrons. The quantitative estimate of drug-likeness (QED) is 0.606. The summed E-state index contributed by atoms with van der Waals surface area (Å²) in [5.74, 6) is 1.39. The maximum absolute atomic E-state index is 13.6. The van der Waals surface area contributed by atoms with E-state index >= 15 is 0 Å². The molecule has 0 saturated carbocycles. The summed E-state index contributed by atoms with van der Waals surface area (Å²) in [5.41, 5.74) is 1.88. The van der Waals surface area contributed by atoms with Gasteiger partial charge in [0.1, 0.15) is 11.4 Å². The average molecular weight is 442 g/mol. The van der Waals surface area contributed by atoms with Gasteiger partial charge >= 0.3 is 0 Å². The zero-order valence-corrected chi connectivity index (χ0v) is 19.5. The molecule has 2 fully saturated rings. The number of hydrogen-bond acceptors (Lipinski definition) is 6. The molecule has 0 aromatic heterocycles. The standard InChI is InChI=1S/C25H35N3O4/c1-4-32-21-7-5-20(6-8-21)22-23(27-16-18(2)15-19(3)17-27)25(30)28(24(22)29)10-9-26-11-13-31-14-12-26/h5-8,18-19H,4,9-17H2,1-3H3. The van der Waals surface area contributed by atoms with Crippen molar-refractivity contribution >= 4 is 17.4 Å². The highest BCUT2D eigenvalue weighted by Gasteiger charge is 2.42. The second-order valence-corrected chi connectivity index (χ2v) is 9.25. The molecule has 2 amide bonds. The normalized spacial score (nSPS) is 25.1. The van der Waals surface area contributed by atoms with Crippen LogP contribution in [0.1, 0.15) is 32.8 Å². The lowest BCUT2D eigenvalue weighted by Gasteiger charge is -2.37. The van der Waals surface area contributed by atoms with E-state index in [1.54, 1.807) is 0 Å². The predicted molar refractivity (Wildman–Crippen MR) is 123 cm³/mol. The Kier molecular flexibility index (Phi) is 7.16. The van der Waals surface area contributed by atoms with E-state index < -0.39 is 0 Å². The van der Waals surface area contributed by atoms with E-state index in [1.807, 2.05) is 31.2 Å². The number of morpholine rings is 1. The Morgan fingerprint density at radius 1 is 0.969 bits per heavy atom. The van der Waals surface area contributed by atoms with Gasteiger partial charge in [0.05, 0.1) is 25.4 Å². The van der Waals surface area contributed by atoms with E-state index in [9.17, 15) is 9.59 Å². The highest BCUT2D eigenvalue weighted by Crippen LogP contribution is 2.35. The van der Waals surface area contributed by atoms with Crippen molar-refractivity contribution in [2.45, 2.75) is 27.2 Å². The molecule has 0 bridgehead atoms. The molecule has 3 aliphatic rings. The van der Waals surface area contributed by atoms with Crippen molar-refractivity contribution in [2.24, 2.45) is 11.8 Å². The molecule has 2 atom stereocenters. The Morgan fingerprint density at radius 3 is 2.25 bits per heavy atom. The topological polar surface area (TPSA) is 62.3 Å². The average Bonchev–Trinajstić information content (AvgIpc) is 3.03. The maximum atomic E-state index is 13.6. The minimum Gasteiger partial charge on any atom is -0.494 e. The number of nitrogens with zero attached hydrogens (tertiary/aromatic N) is 3. The molecule has 4 rings (SSSR count). The van der Waals surface area contributed by atoms with Gasteiger partial charge in [0.25, 0.3) is 11.8 Å². The van der Waals surface area contributed by atoms with Gasteiger partial charge in [-0.25, -0.2) is 0 Å². The van der Waals surface area contributed by atoms with Crippen LogP contribution in [0.4, 0.5) is 0 Å². The van der Waals surface area contributed by atoms with Crippen molar-refractivity contribution in [3.05, 3.63) is 35.5 Å². The van der Waals surface area contributed by atoms with Crippen molar-refractivity contribution in [3.63, 3.8) is 0 Å². The van der Waals surface area contributed by atoms with Crippen LogP contribution in [0, 0.1) is 11.8 Å². The van der Waals surface area contributed by atoms with Gasteiger partial charge in [-0.05, 0) is 42.9 Å². The van der Waals surface area contributed by atoms with Crippen molar-refractivity contribution in [2.75, 3.05) is 59.1 Å². The van der Waals surface area contributed by atoms with Crippen LogP contribution in [0.25, 0.3) is 5.57 Å². The summed E-state index contributed by atoms with van der Waals surface area (Å²) in [6.45, 7) is 12.7. The molecule has 1 aromatic carbocycles. The number of likely N-dealkylation sites (tertiary alicyclic amines) is 1. The molecule has 0 N–H and O–H groups in total. The minimum absolute atomic E-state index is 0.159. The lowest BCUT2D eigenvalue weighted by atomic mass is 9.91. The predicted octanol–water partition coefficient (Wildman–Crippen LogP) is 2.48. The van der Waals surface area contributed by atoms with Gasteiger partial charge in [-0.3, -0.25) is 19.4 Å². The molecule has 0 aliphatic carbocycles. The lowest BCUT2D eigenvalue weighted by Crippen LogP contribution is -2.45. The Balaban J connectivity index is 1.62. The van der Waals surface area contributed by atoms with E-state index in [2.05, 4.69) is 23.6 Å². The van der Waals surface area contributed by atoms with E-state index in [1.165, 1.54) is 4.90 Å². The number of amides is 2. The summed E-state index contributed by atoms with van der Waals surface area (Å²) in [4.78, 5) is 33.0. The minimum atomic E-state index is -0.187. The number of carbonyl (C=O) groups excluding carboxylic acids is 2. The van der Waals surface area contributed by atoms with Crippen molar-refractivity contribution in [1.82, 2.24) is 14.7 Å².